The Bertz CT molecular complexity index is 1230. The summed E-state index contributed by atoms with van der Waals surface area (Å²) in [5, 5.41) is 13.7. The maximum absolute atomic E-state index is 13.8. The predicted octanol–water partition coefficient (Wildman–Crippen LogP) is 5.58. The molecule has 2 aromatic carbocycles. The number of ether oxygens (including phenoxy) is 1. The van der Waals surface area contributed by atoms with Crippen LogP contribution in [0.1, 0.15) is 48.9 Å². The lowest BCUT2D eigenvalue weighted by Crippen LogP contribution is -2.58. The van der Waals surface area contributed by atoms with Gasteiger partial charge in [-0.05, 0) is 56.7 Å². The number of benzene rings is 2. The maximum atomic E-state index is 13.8. The average Bonchev–Trinajstić information content (AvgIpc) is 2.84. The Morgan fingerprint density at radius 3 is 2.30 bits per heavy atom. The van der Waals surface area contributed by atoms with Gasteiger partial charge in [-0.1, -0.05) is 46.3 Å². The number of rotatable bonds is 5. The fourth-order valence-electron chi connectivity index (χ4n) is 5.43. The minimum atomic E-state index is -0.707. The van der Waals surface area contributed by atoms with Gasteiger partial charge < -0.3 is 15.2 Å². The molecule has 6 nitrogen and oxygen atoms in total. The van der Waals surface area contributed by atoms with Gasteiger partial charge in [-0.3, -0.25) is 9.59 Å². The van der Waals surface area contributed by atoms with Crippen LogP contribution in [-0.4, -0.2) is 34.6 Å². The number of nitrogens with one attached hydrogen (secondary N) is 1. The summed E-state index contributed by atoms with van der Waals surface area (Å²) in [5.74, 6) is -0.479. The van der Waals surface area contributed by atoms with Crippen molar-refractivity contribution < 1.29 is 19.4 Å². The normalized spacial score (nSPS) is 23.9. The molecule has 1 heterocycles. The van der Waals surface area contributed by atoms with Crippen LogP contribution in [0.5, 0.6) is 5.75 Å². The van der Waals surface area contributed by atoms with E-state index in [1.165, 1.54) is 0 Å². The van der Waals surface area contributed by atoms with E-state index in [0.717, 1.165) is 10.0 Å². The third-order valence-electron chi connectivity index (χ3n) is 7.46. The van der Waals surface area contributed by atoms with Crippen LogP contribution >= 0.6 is 15.9 Å². The van der Waals surface area contributed by atoms with Crippen LogP contribution < -0.4 is 10.1 Å². The Hall–Kier alpha value is -2.93. The number of aromatic nitrogens is 1. The first-order chi connectivity index (χ1) is 15.9. The number of hydrogen-bond acceptors (Lipinski definition) is 4. The molecule has 0 aliphatic heterocycles. The van der Waals surface area contributed by atoms with Gasteiger partial charge in [0.05, 0.1) is 23.6 Å². The molecule has 0 saturated heterocycles. The third-order valence-corrected chi connectivity index (χ3v) is 7.95. The number of methoxy groups -OCH3 is 1. The smallest absolute Gasteiger partial charge is 0.309 e. The van der Waals surface area contributed by atoms with Crippen molar-refractivity contribution in [3.8, 4) is 17.0 Å². The standard InChI is InChI=1S/C26H25BrN2O4/c1-33-22-20(23(30)29-26-12-9-25(10-13-26,11-14-26)24(31)32)18-15-17(27)7-8-19(18)28-21(22)16-5-3-2-4-6-16/h2-8,15H,9-14H2,1H3,(H,29,30)(H,31,32). The maximum Gasteiger partial charge on any atom is 0.309 e. The van der Waals surface area contributed by atoms with Crippen LogP contribution in [0.2, 0.25) is 0 Å². The van der Waals surface area contributed by atoms with E-state index in [1.807, 2.05) is 48.5 Å². The van der Waals surface area contributed by atoms with Gasteiger partial charge in [0.25, 0.3) is 5.91 Å². The number of amides is 1. The molecule has 3 aromatic rings. The van der Waals surface area contributed by atoms with Gasteiger partial charge in [0.15, 0.2) is 5.75 Å². The SMILES string of the molecule is COc1c(-c2ccccc2)nc2ccc(Br)cc2c1C(=O)NC12CCC(C(=O)O)(CC1)CC2. The number of pyridine rings is 1. The lowest BCUT2D eigenvalue weighted by molar-refractivity contribution is -0.156. The highest BCUT2D eigenvalue weighted by atomic mass is 79.9. The van der Waals surface area contributed by atoms with Crippen molar-refractivity contribution in [2.24, 2.45) is 5.41 Å². The zero-order chi connectivity index (χ0) is 23.2. The number of carboxylic acid groups (broad SMARTS) is 1. The molecule has 3 aliphatic rings. The van der Waals surface area contributed by atoms with Crippen LogP contribution in [0.3, 0.4) is 0 Å². The second-order valence-electron chi connectivity index (χ2n) is 9.22. The van der Waals surface area contributed by atoms with Crippen LogP contribution in [0.15, 0.2) is 53.0 Å². The van der Waals surface area contributed by atoms with Gasteiger partial charge in [0, 0.05) is 21.0 Å². The average molecular weight is 509 g/mol. The monoisotopic (exact) mass is 508 g/mol. The molecule has 1 amide bonds. The molecule has 2 N–H and O–H groups in total. The highest BCUT2D eigenvalue weighted by Gasteiger charge is 2.53. The van der Waals surface area contributed by atoms with Crippen LogP contribution in [0.4, 0.5) is 0 Å². The Labute approximate surface area is 200 Å². The zero-order valence-corrected chi connectivity index (χ0v) is 19.9. The van der Waals surface area contributed by atoms with Crippen molar-refractivity contribution in [1.82, 2.24) is 10.3 Å². The Morgan fingerprint density at radius 1 is 1.03 bits per heavy atom. The van der Waals surface area contributed by atoms with E-state index < -0.39 is 11.4 Å². The van der Waals surface area contributed by atoms with Crippen molar-refractivity contribution in [2.75, 3.05) is 7.11 Å². The van der Waals surface area contributed by atoms with Gasteiger partial charge >= 0.3 is 5.97 Å². The molecule has 6 rings (SSSR count). The molecule has 3 fully saturated rings. The van der Waals surface area contributed by atoms with E-state index >= 15 is 0 Å². The van der Waals surface area contributed by atoms with Crippen molar-refractivity contribution in [2.45, 2.75) is 44.1 Å². The molecule has 1 aromatic heterocycles. The van der Waals surface area contributed by atoms with Crippen molar-refractivity contribution in [3.05, 3.63) is 58.6 Å². The largest absolute Gasteiger partial charge is 0.494 e. The summed E-state index contributed by atoms with van der Waals surface area (Å²) in [6, 6.07) is 15.4. The number of fused-ring (bicyclic) bond motifs is 4. The second-order valence-corrected chi connectivity index (χ2v) is 10.1. The number of halogens is 1. The molecular formula is C26H25BrN2O4. The summed E-state index contributed by atoms with van der Waals surface area (Å²) in [7, 11) is 1.56. The van der Waals surface area contributed by atoms with Crippen LogP contribution in [0, 0.1) is 5.41 Å². The van der Waals surface area contributed by atoms with E-state index in [9.17, 15) is 14.7 Å². The summed E-state index contributed by atoms with van der Waals surface area (Å²) < 4.78 is 6.64. The summed E-state index contributed by atoms with van der Waals surface area (Å²) in [6.45, 7) is 0. The number of nitrogens with zero attached hydrogens (tertiary/aromatic N) is 1. The molecule has 0 atom stereocenters. The molecule has 2 bridgehead atoms. The number of carbonyl (C=O) groups excluding carboxylic acids is 1. The van der Waals surface area contributed by atoms with Crippen molar-refractivity contribution in [1.29, 1.82) is 0 Å². The molecule has 7 heteroatoms. The molecule has 0 unspecified atom stereocenters. The first-order valence-corrected chi connectivity index (χ1v) is 11.9. The summed E-state index contributed by atoms with van der Waals surface area (Å²) in [5.41, 5.74) is 1.64. The number of aliphatic carboxylic acids is 1. The lowest BCUT2D eigenvalue weighted by Gasteiger charge is -2.51. The molecule has 3 saturated carbocycles. The highest BCUT2D eigenvalue weighted by Crippen LogP contribution is 2.52. The molecule has 0 spiro atoms. The first-order valence-electron chi connectivity index (χ1n) is 11.2. The molecule has 3 aliphatic carbocycles. The van der Waals surface area contributed by atoms with Gasteiger partial charge in [-0.2, -0.15) is 0 Å². The van der Waals surface area contributed by atoms with Gasteiger partial charge in [-0.25, -0.2) is 4.98 Å². The predicted molar refractivity (Wildman–Crippen MR) is 129 cm³/mol. The van der Waals surface area contributed by atoms with Gasteiger partial charge in [0.2, 0.25) is 0 Å². The Kier molecular flexibility index (Phi) is 5.40. The fraction of sp³-hybridized carbons (Fsp3) is 0.346. The lowest BCUT2D eigenvalue weighted by atomic mass is 9.57. The second kappa shape index (κ2) is 8.13. The zero-order valence-electron chi connectivity index (χ0n) is 18.4. The third kappa shape index (κ3) is 3.68. The Morgan fingerprint density at radius 2 is 1.70 bits per heavy atom. The van der Waals surface area contributed by atoms with E-state index in [4.69, 9.17) is 9.72 Å². The molecule has 170 valence electrons. The minimum Gasteiger partial charge on any atom is -0.494 e. The number of hydrogen-bond donors (Lipinski definition) is 2. The number of carbonyl (C=O) groups is 2. The summed E-state index contributed by atoms with van der Waals surface area (Å²) >= 11 is 3.52. The van der Waals surface area contributed by atoms with E-state index in [-0.39, 0.29) is 11.4 Å². The van der Waals surface area contributed by atoms with Crippen LogP contribution in [-0.2, 0) is 4.79 Å². The first kappa shape index (κ1) is 21.9. The van der Waals surface area contributed by atoms with Gasteiger partial charge in [0.1, 0.15) is 5.69 Å². The highest BCUT2D eigenvalue weighted by molar-refractivity contribution is 9.10. The van der Waals surface area contributed by atoms with Gasteiger partial charge in [-0.15, -0.1) is 0 Å². The minimum absolute atomic E-state index is 0.209. The molecule has 33 heavy (non-hydrogen) atoms. The number of carboxylic acids is 1. The molecular weight excluding hydrogens is 484 g/mol. The topological polar surface area (TPSA) is 88.5 Å². The summed E-state index contributed by atoms with van der Waals surface area (Å²) in [6.07, 6.45) is 3.80. The van der Waals surface area contributed by atoms with E-state index in [1.54, 1.807) is 7.11 Å². The van der Waals surface area contributed by atoms with Crippen molar-refractivity contribution in [3.63, 3.8) is 0 Å². The molecule has 0 radical (unpaired) electrons. The summed E-state index contributed by atoms with van der Waals surface area (Å²) in [4.78, 5) is 30.5. The quantitative estimate of drug-likeness (QED) is 0.469. The van der Waals surface area contributed by atoms with E-state index in [2.05, 4.69) is 21.2 Å². The van der Waals surface area contributed by atoms with Crippen molar-refractivity contribution >= 4 is 38.7 Å². The van der Waals surface area contributed by atoms with Crippen LogP contribution in [0.25, 0.3) is 22.2 Å². The fourth-order valence-corrected chi connectivity index (χ4v) is 5.79. The Balaban J connectivity index is 1.59. The van der Waals surface area contributed by atoms with E-state index in [0.29, 0.717) is 66.4 Å².